The minimum Gasteiger partial charge on any atom is -0.496 e. The maximum Gasteiger partial charge on any atom is 0.123 e. The van der Waals surface area contributed by atoms with Gasteiger partial charge in [0.25, 0.3) is 0 Å². The molecule has 2 rings (SSSR count). The highest BCUT2D eigenvalue weighted by Crippen LogP contribution is 2.38. The molecule has 2 aromatic rings. The third-order valence-corrected chi connectivity index (χ3v) is 4.14. The van der Waals surface area contributed by atoms with Crippen LogP contribution in [0.2, 0.25) is 0 Å². The molecule has 0 aliphatic rings. The molecule has 0 N–H and O–H groups in total. The van der Waals surface area contributed by atoms with Crippen molar-refractivity contribution in [2.75, 3.05) is 7.11 Å². The Balaban J connectivity index is 2.51. The highest BCUT2D eigenvalue weighted by Gasteiger charge is 2.18. The van der Waals surface area contributed by atoms with E-state index in [1.807, 2.05) is 18.2 Å². The van der Waals surface area contributed by atoms with Gasteiger partial charge in [0.1, 0.15) is 5.75 Å². The molecule has 0 bridgehead atoms. The van der Waals surface area contributed by atoms with Gasteiger partial charge in [-0.05, 0) is 43.2 Å². The van der Waals surface area contributed by atoms with Crippen LogP contribution >= 0.6 is 27.5 Å². The number of rotatable bonds is 3. The van der Waals surface area contributed by atoms with E-state index in [1.54, 1.807) is 7.11 Å². The van der Waals surface area contributed by atoms with Crippen molar-refractivity contribution in [2.45, 2.75) is 19.2 Å². The van der Waals surface area contributed by atoms with Crippen molar-refractivity contribution >= 4 is 27.5 Å². The Morgan fingerprint density at radius 3 is 2.47 bits per heavy atom. The van der Waals surface area contributed by atoms with Gasteiger partial charge in [-0.15, -0.1) is 11.6 Å². The van der Waals surface area contributed by atoms with E-state index in [0.717, 1.165) is 21.3 Å². The van der Waals surface area contributed by atoms with Gasteiger partial charge < -0.3 is 4.74 Å². The summed E-state index contributed by atoms with van der Waals surface area (Å²) in [7, 11) is 1.67. The zero-order valence-corrected chi connectivity index (χ0v) is 13.5. The molecule has 0 heterocycles. The van der Waals surface area contributed by atoms with Crippen LogP contribution in [-0.2, 0) is 0 Å². The largest absolute Gasteiger partial charge is 0.496 e. The monoisotopic (exact) mass is 338 g/mol. The zero-order chi connectivity index (χ0) is 14.0. The highest BCUT2D eigenvalue weighted by atomic mass is 79.9. The lowest BCUT2D eigenvalue weighted by Crippen LogP contribution is -2.00. The van der Waals surface area contributed by atoms with Crippen molar-refractivity contribution in [2.24, 2.45) is 0 Å². The number of hydrogen-bond donors (Lipinski definition) is 0. The molecule has 0 radical (unpaired) electrons. The lowest BCUT2D eigenvalue weighted by Gasteiger charge is -2.17. The molecule has 0 aliphatic heterocycles. The molecule has 2 aromatic carbocycles. The van der Waals surface area contributed by atoms with Crippen LogP contribution in [0.15, 0.2) is 40.9 Å². The van der Waals surface area contributed by atoms with Crippen LogP contribution in [0, 0.1) is 13.8 Å². The van der Waals surface area contributed by atoms with Crippen molar-refractivity contribution in [3.63, 3.8) is 0 Å². The van der Waals surface area contributed by atoms with Gasteiger partial charge in [-0.25, -0.2) is 0 Å². The molecule has 0 aliphatic carbocycles. The molecule has 0 spiro atoms. The van der Waals surface area contributed by atoms with E-state index >= 15 is 0 Å². The van der Waals surface area contributed by atoms with E-state index in [0.29, 0.717) is 0 Å². The molecule has 100 valence electrons. The Kier molecular flexibility index (Phi) is 4.54. The molecule has 3 heteroatoms. The summed E-state index contributed by atoms with van der Waals surface area (Å²) in [6.45, 7) is 4.15. The highest BCUT2D eigenvalue weighted by molar-refractivity contribution is 9.10. The van der Waals surface area contributed by atoms with Crippen LogP contribution in [-0.4, -0.2) is 7.11 Å². The molecular weight excluding hydrogens is 324 g/mol. The summed E-state index contributed by atoms with van der Waals surface area (Å²) in [6.07, 6.45) is 0. The maximum absolute atomic E-state index is 6.66. The lowest BCUT2D eigenvalue weighted by molar-refractivity contribution is 0.410. The fraction of sp³-hybridized carbons (Fsp3) is 0.250. The summed E-state index contributed by atoms with van der Waals surface area (Å²) in [5.41, 5.74) is 4.50. The quantitative estimate of drug-likeness (QED) is 0.680. The van der Waals surface area contributed by atoms with E-state index in [-0.39, 0.29) is 5.38 Å². The Morgan fingerprint density at radius 1 is 1.05 bits per heavy atom. The van der Waals surface area contributed by atoms with Crippen LogP contribution in [0.3, 0.4) is 0 Å². The van der Waals surface area contributed by atoms with Gasteiger partial charge in [-0.3, -0.25) is 0 Å². The molecule has 0 aromatic heterocycles. The van der Waals surface area contributed by atoms with E-state index in [4.69, 9.17) is 16.3 Å². The second kappa shape index (κ2) is 5.98. The van der Waals surface area contributed by atoms with Gasteiger partial charge in [-0.1, -0.05) is 39.7 Å². The lowest BCUT2D eigenvalue weighted by atomic mass is 9.97. The molecule has 1 nitrogen and oxygen atoms in total. The number of halogens is 2. The van der Waals surface area contributed by atoms with Gasteiger partial charge >= 0.3 is 0 Å². The van der Waals surface area contributed by atoms with Crippen molar-refractivity contribution in [1.29, 1.82) is 0 Å². The van der Waals surface area contributed by atoms with Crippen molar-refractivity contribution < 1.29 is 4.74 Å². The molecular formula is C16H16BrClO. The van der Waals surface area contributed by atoms with Gasteiger partial charge in [0.05, 0.1) is 12.5 Å². The van der Waals surface area contributed by atoms with Crippen molar-refractivity contribution in [3.05, 3.63) is 63.1 Å². The first-order valence-corrected chi connectivity index (χ1v) is 7.30. The van der Waals surface area contributed by atoms with Crippen LogP contribution < -0.4 is 4.74 Å². The summed E-state index contributed by atoms with van der Waals surface area (Å²) in [6, 6.07) is 12.2. The summed E-state index contributed by atoms with van der Waals surface area (Å²) >= 11 is 10.1. The second-order valence-corrected chi connectivity index (χ2v) is 5.96. The fourth-order valence-electron chi connectivity index (χ4n) is 2.10. The smallest absolute Gasteiger partial charge is 0.123 e. The number of alkyl halides is 1. The summed E-state index contributed by atoms with van der Waals surface area (Å²) < 4.78 is 6.41. The van der Waals surface area contributed by atoms with Gasteiger partial charge in [-0.2, -0.15) is 0 Å². The van der Waals surface area contributed by atoms with Crippen molar-refractivity contribution in [1.82, 2.24) is 0 Å². The topological polar surface area (TPSA) is 9.23 Å². The van der Waals surface area contributed by atoms with Gasteiger partial charge in [0, 0.05) is 10.0 Å². The standard InChI is InChI=1S/C16H16BrClO/c1-10-4-5-11(2)13(8-10)16(18)14-9-12(17)6-7-15(14)19-3/h4-9,16H,1-3H3. The third-order valence-electron chi connectivity index (χ3n) is 3.17. The maximum atomic E-state index is 6.66. The van der Waals surface area contributed by atoms with Crippen molar-refractivity contribution in [3.8, 4) is 5.75 Å². The van der Waals surface area contributed by atoms with Gasteiger partial charge in [0.15, 0.2) is 0 Å². The van der Waals surface area contributed by atoms with E-state index in [9.17, 15) is 0 Å². The minimum absolute atomic E-state index is 0.215. The minimum atomic E-state index is -0.215. The Morgan fingerprint density at radius 2 is 1.79 bits per heavy atom. The third kappa shape index (κ3) is 3.13. The molecule has 0 fully saturated rings. The average molecular weight is 340 g/mol. The number of benzene rings is 2. The SMILES string of the molecule is COc1ccc(Br)cc1C(Cl)c1cc(C)ccc1C. The zero-order valence-electron chi connectivity index (χ0n) is 11.2. The Bertz CT molecular complexity index is 595. The summed E-state index contributed by atoms with van der Waals surface area (Å²) in [5, 5.41) is -0.215. The second-order valence-electron chi connectivity index (χ2n) is 4.61. The van der Waals surface area contributed by atoms with E-state index in [1.165, 1.54) is 11.1 Å². The van der Waals surface area contributed by atoms with Gasteiger partial charge in [0.2, 0.25) is 0 Å². The van der Waals surface area contributed by atoms with E-state index in [2.05, 4.69) is 48.0 Å². The Hall–Kier alpha value is -0.990. The predicted molar refractivity (Wildman–Crippen MR) is 84.3 cm³/mol. The fourth-order valence-corrected chi connectivity index (χ4v) is 2.89. The molecule has 1 atom stereocenters. The first-order valence-electron chi connectivity index (χ1n) is 6.07. The molecule has 0 saturated heterocycles. The molecule has 0 saturated carbocycles. The molecule has 0 amide bonds. The Labute approximate surface area is 127 Å². The van der Waals surface area contributed by atoms with Crippen LogP contribution in [0.25, 0.3) is 0 Å². The first kappa shape index (κ1) is 14.4. The molecule has 19 heavy (non-hydrogen) atoms. The number of ether oxygens (including phenoxy) is 1. The number of methoxy groups -OCH3 is 1. The summed E-state index contributed by atoms with van der Waals surface area (Å²) in [4.78, 5) is 0. The summed E-state index contributed by atoms with van der Waals surface area (Å²) in [5.74, 6) is 0.809. The first-order chi connectivity index (χ1) is 9.02. The predicted octanol–water partition coefficient (Wildman–Crippen LogP) is 5.40. The van der Waals surface area contributed by atoms with E-state index < -0.39 is 0 Å². The number of hydrogen-bond acceptors (Lipinski definition) is 1. The van der Waals surface area contributed by atoms with Crippen LogP contribution in [0.5, 0.6) is 5.75 Å². The molecule has 1 unspecified atom stereocenters. The normalized spacial score (nSPS) is 12.3. The van der Waals surface area contributed by atoms with Crippen LogP contribution in [0.4, 0.5) is 0 Å². The number of aryl methyl sites for hydroxylation is 2. The average Bonchev–Trinajstić information content (AvgIpc) is 2.40. The van der Waals surface area contributed by atoms with Crippen LogP contribution in [0.1, 0.15) is 27.6 Å².